The van der Waals surface area contributed by atoms with Crippen molar-refractivity contribution in [2.45, 2.75) is 66.2 Å². The summed E-state index contributed by atoms with van der Waals surface area (Å²) in [6.07, 6.45) is 6.05. The molecule has 17 heavy (non-hydrogen) atoms. The van der Waals surface area contributed by atoms with Crippen LogP contribution in [-0.4, -0.2) is 11.8 Å². The van der Waals surface area contributed by atoms with Crippen LogP contribution in [0.15, 0.2) is 0 Å². The first-order valence-corrected chi connectivity index (χ1v) is 6.47. The van der Waals surface area contributed by atoms with Crippen LogP contribution in [0.25, 0.3) is 0 Å². The summed E-state index contributed by atoms with van der Waals surface area (Å²) in [5.41, 5.74) is 4.40. The van der Waals surface area contributed by atoms with E-state index < -0.39 is 5.41 Å². The molecule has 0 aliphatic heterocycles. The predicted octanol–water partition coefficient (Wildman–Crippen LogP) is 2.54. The minimum Gasteiger partial charge on any atom is -0.273 e. The van der Waals surface area contributed by atoms with Crippen molar-refractivity contribution in [1.82, 2.24) is 10.9 Å². The van der Waals surface area contributed by atoms with Crippen molar-refractivity contribution < 1.29 is 9.59 Å². The fourth-order valence-corrected chi connectivity index (χ4v) is 1.27. The maximum absolute atomic E-state index is 11.5. The van der Waals surface area contributed by atoms with Gasteiger partial charge in [-0.2, -0.15) is 0 Å². The van der Waals surface area contributed by atoms with Gasteiger partial charge in [0.15, 0.2) is 0 Å². The summed E-state index contributed by atoms with van der Waals surface area (Å²) in [5, 5.41) is 0. The van der Waals surface area contributed by atoms with Crippen LogP contribution in [0.5, 0.6) is 0 Å². The molecule has 0 rings (SSSR count). The third-order valence-corrected chi connectivity index (χ3v) is 2.50. The van der Waals surface area contributed by atoms with Crippen LogP contribution in [0.3, 0.4) is 0 Å². The van der Waals surface area contributed by atoms with Gasteiger partial charge in [-0.25, -0.2) is 0 Å². The number of hydrogen-bond donors (Lipinski definition) is 2. The van der Waals surface area contributed by atoms with E-state index in [-0.39, 0.29) is 11.8 Å². The highest BCUT2D eigenvalue weighted by Gasteiger charge is 2.21. The van der Waals surface area contributed by atoms with E-state index in [1.165, 1.54) is 19.3 Å². The van der Waals surface area contributed by atoms with Gasteiger partial charge in [0.1, 0.15) is 0 Å². The summed E-state index contributed by atoms with van der Waals surface area (Å²) >= 11 is 0. The molecular weight excluding hydrogens is 216 g/mol. The lowest BCUT2D eigenvalue weighted by atomic mass is 9.96. The molecule has 0 aliphatic carbocycles. The second-order valence-electron chi connectivity index (χ2n) is 5.42. The molecule has 0 aromatic carbocycles. The summed E-state index contributed by atoms with van der Waals surface area (Å²) in [5.74, 6) is -0.282. The van der Waals surface area contributed by atoms with Crippen molar-refractivity contribution in [1.29, 1.82) is 0 Å². The van der Waals surface area contributed by atoms with E-state index in [0.29, 0.717) is 6.42 Å². The van der Waals surface area contributed by atoms with E-state index in [1.807, 2.05) is 0 Å². The highest BCUT2D eigenvalue weighted by molar-refractivity contribution is 5.84. The van der Waals surface area contributed by atoms with E-state index in [9.17, 15) is 9.59 Å². The number of hydrogen-bond acceptors (Lipinski definition) is 2. The zero-order chi connectivity index (χ0) is 13.3. The van der Waals surface area contributed by atoms with E-state index in [2.05, 4.69) is 17.8 Å². The molecule has 0 aliphatic rings. The highest BCUT2D eigenvalue weighted by Crippen LogP contribution is 2.11. The van der Waals surface area contributed by atoms with Gasteiger partial charge in [0.25, 0.3) is 0 Å². The molecule has 0 aromatic heterocycles. The molecule has 0 saturated heterocycles. The number of carbonyl (C=O) groups excluding carboxylic acids is 2. The lowest BCUT2D eigenvalue weighted by Crippen LogP contribution is -2.46. The van der Waals surface area contributed by atoms with Gasteiger partial charge in [0.05, 0.1) is 0 Å². The van der Waals surface area contributed by atoms with Crippen molar-refractivity contribution in [3.8, 4) is 0 Å². The molecule has 0 heterocycles. The van der Waals surface area contributed by atoms with Crippen LogP contribution in [0.4, 0.5) is 0 Å². The maximum atomic E-state index is 11.5. The Labute approximate surface area is 105 Å². The predicted molar refractivity (Wildman–Crippen MR) is 69.1 cm³/mol. The Hall–Kier alpha value is -1.06. The quantitative estimate of drug-likeness (QED) is 0.555. The lowest BCUT2D eigenvalue weighted by Gasteiger charge is -2.17. The van der Waals surface area contributed by atoms with Crippen molar-refractivity contribution >= 4 is 11.8 Å². The minimum atomic E-state index is -0.478. The smallest absolute Gasteiger partial charge is 0.243 e. The molecule has 0 unspecified atom stereocenters. The number of hydrazine groups is 1. The SMILES string of the molecule is CCCCCCCC(=O)NNC(=O)C(C)(C)C. The van der Waals surface area contributed by atoms with Gasteiger partial charge in [-0.1, -0.05) is 53.4 Å². The molecule has 0 bridgehead atoms. The summed E-state index contributed by atoms with van der Waals surface area (Å²) in [4.78, 5) is 22.8. The van der Waals surface area contributed by atoms with Crippen LogP contribution in [0.2, 0.25) is 0 Å². The lowest BCUT2D eigenvalue weighted by molar-refractivity contribution is -0.133. The molecule has 0 spiro atoms. The van der Waals surface area contributed by atoms with Crippen LogP contribution in [0.1, 0.15) is 66.2 Å². The van der Waals surface area contributed by atoms with Gasteiger partial charge in [-0.15, -0.1) is 0 Å². The molecule has 4 nitrogen and oxygen atoms in total. The van der Waals surface area contributed by atoms with E-state index in [4.69, 9.17) is 0 Å². The number of rotatable bonds is 6. The molecule has 0 fully saturated rings. The Bertz CT molecular complexity index is 244. The van der Waals surface area contributed by atoms with E-state index in [0.717, 1.165) is 12.8 Å². The standard InChI is InChI=1S/C13H26N2O2/c1-5-6-7-8-9-10-11(16)14-15-12(17)13(2,3)4/h5-10H2,1-4H3,(H,14,16)(H,15,17). The van der Waals surface area contributed by atoms with Gasteiger partial charge < -0.3 is 0 Å². The molecule has 0 radical (unpaired) electrons. The number of nitrogens with one attached hydrogen (secondary N) is 2. The van der Waals surface area contributed by atoms with Crippen LogP contribution >= 0.6 is 0 Å². The second kappa shape index (κ2) is 8.09. The van der Waals surface area contributed by atoms with Crippen LogP contribution in [-0.2, 0) is 9.59 Å². The van der Waals surface area contributed by atoms with Gasteiger partial charge >= 0.3 is 0 Å². The van der Waals surface area contributed by atoms with E-state index in [1.54, 1.807) is 20.8 Å². The Morgan fingerprint density at radius 3 is 2.06 bits per heavy atom. The third kappa shape index (κ3) is 8.72. The van der Waals surface area contributed by atoms with Crippen molar-refractivity contribution in [3.63, 3.8) is 0 Å². The Kier molecular flexibility index (Phi) is 7.59. The average Bonchev–Trinajstić information content (AvgIpc) is 2.24. The summed E-state index contributed by atoms with van der Waals surface area (Å²) in [6.45, 7) is 7.58. The Balaban J connectivity index is 3.57. The summed E-state index contributed by atoms with van der Waals surface area (Å²) in [6, 6.07) is 0. The normalized spacial score (nSPS) is 11.1. The van der Waals surface area contributed by atoms with Gasteiger partial charge in [-0.05, 0) is 6.42 Å². The van der Waals surface area contributed by atoms with Crippen LogP contribution in [0, 0.1) is 5.41 Å². The Morgan fingerprint density at radius 1 is 0.941 bits per heavy atom. The first-order chi connectivity index (χ1) is 7.88. The largest absolute Gasteiger partial charge is 0.273 e. The molecule has 0 aromatic rings. The zero-order valence-corrected chi connectivity index (χ0v) is 11.6. The second-order valence-corrected chi connectivity index (χ2v) is 5.42. The average molecular weight is 242 g/mol. The summed E-state index contributed by atoms with van der Waals surface area (Å²) < 4.78 is 0. The van der Waals surface area contributed by atoms with Crippen molar-refractivity contribution in [2.75, 3.05) is 0 Å². The molecular formula is C13H26N2O2. The highest BCUT2D eigenvalue weighted by atomic mass is 16.2. The van der Waals surface area contributed by atoms with Gasteiger partial charge in [-0.3, -0.25) is 20.4 Å². The number of amides is 2. The Morgan fingerprint density at radius 2 is 1.53 bits per heavy atom. The third-order valence-electron chi connectivity index (χ3n) is 2.50. The van der Waals surface area contributed by atoms with Crippen molar-refractivity contribution in [3.05, 3.63) is 0 Å². The molecule has 0 atom stereocenters. The molecule has 0 saturated carbocycles. The fraction of sp³-hybridized carbons (Fsp3) is 0.846. The number of unbranched alkanes of at least 4 members (excludes halogenated alkanes) is 4. The minimum absolute atomic E-state index is 0.112. The van der Waals surface area contributed by atoms with Gasteiger partial charge in [0, 0.05) is 11.8 Å². The fourth-order valence-electron chi connectivity index (χ4n) is 1.27. The summed E-state index contributed by atoms with van der Waals surface area (Å²) in [7, 11) is 0. The number of carbonyl (C=O) groups is 2. The molecule has 2 N–H and O–H groups in total. The monoisotopic (exact) mass is 242 g/mol. The topological polar surface area (TPSA) is 58.2 Å². The maximum Gasteiger partial charge on any atom is 0.243 e. The first kappa shape index (κ1) is 15.9. The molecule has 4 heteroatoms. The van der Waals surface area contributed by atoms with Gasteiger partial charge in [0.2, 0.25) is 11.8 Å². The van der Waals surface area contributed by atoms with Crippen molar-refractivity contribution in [2.24, 2.45) is 5.41 Å². The molecule has 100 valence electrons. The van der Waals surface area contributed by atoms with E-state index >= 15 is 0 Å². The zero-order valence-electron chi connectivity index (χ0n) is 11.6. The molecule has 2 amide bonds. The van der Waals surface area contributed by atoms with Crippen LogP contribution < -0.4 is 10.9 Å². The first-order valence-electron chi connectivity index (χ1n) is 6.47.